The minimum atomic E-state index is -1.74. The molecular formula is C12H22O11. The Morgan fingerprint density at radius 2 is 1.26 bits per heavy atom. The van der Waals surface area contributed by atoms with E-state index in [1.54, 1.807) is 0 Å². The van der Waals surface area contributed by atoms with Crippen molar-refractivity contribution < 1.29 is 55.1 Å². The summed E-state index contributed by atoms with van der Waals surface area (Å²) in [5.74, 6) is 0. The van der Waals surface area contributed by atoms with E-state index in [2.05, 4.69) is 0 Å². The highest BCUT2D eigenvalue weighted by Crippen LogP contribution is 2.28. The van der Waals surface area contributed by atoms with Gasteiger partial charge < -0.3 is 55.1 Å². The Morgan fingerprint density at radius 3 is 1.83 bits per heavy atom. The first-order chi connectivity index (χ1) is 10.8. The van der Waals surface area contributed by atoms with Crippen LogP contribution in [0.1, 0.15) is 0 Å². The molecule has 2 aliphatic rings. The molecule has 2 heterocycles. The van der Waals surface area contributed by atoms with Crippen LogP contribution in [0.3, 0.4) is 0 Å². The minimum Gasteiger partial charge on any atom is -0.394 e. The Balaban J connectivity index is 2.11. The van der Waals surface area contributed by atoms with E-state index in [0.29, 0.717) is 0 Å². The second-order valence-corrected chi connectivity index (χ2v) is 5.53. The first-order valence-corrected chi connectivity index (χ1v) is 7.08. The van der Waals surface area contributed by atoms with Gasteiger partial charge in [-0.15, -0.1) is 0 Å². The quantitative estimate of drug-likeness (QED) is 0.243. The molecule has 0 aromatic heterocycles. The molecule has 0 amide bonds. The fourth-order valence-corrected chi connectivity index (χ4v) is 2.57. The molecule has 10 atom stereocenters. The lowest BCUT2D eigenvalue weighted by Gasteiger charge is -2.45. The Morgan fingerprint density at radius 1 is 0.652 bits per heavy atom. The van der Waals surface area contributed by atoms with Crippen molar-refractivity contribution in [3.05, 3.63) is 0 Å². The van der Waals surface area contributed by atoms with E-state index in [-0.39, 0.29) is 0 Å². The summed E-state index contributed by atoms with van der Waals surface area (Å²) in [6, 6.07) is 0. The number of aliphatic hydroxyl groups excluding tert-OH is 8. The highest BCUT2D eigenvalue weighted by Gasteiger charge is 2.50. The lowest BCUT2D eigenvalue weighted by Crippen LogP contribution is -2.64. The van der Waals surface area contributed by atoms with Crippen LogP contribution in [0.15, 0.2) is 0 Å². The third-order valence-electron chi connectivity index (χ3n) is 3.98. The lowest BCUT2D eigenvalue weighted by atomic mass is 9.97. The number of aliphatic hydroxyl groups is 8. The molecular weight excluding hydrogens is 320 g/mol. The van der Waals surface area contributed by atoms with Gasteiger partial charge in [0.1, 0.15) is 48.8 Å². The Bertz CT molecular complexity index is 378. The third kappa shape index (κ3) is 3.65. The molecule has 0 saturated carbocycles. The minimum absolute atomic E-state index is 0.667. The Hall–Kier alpha value is -0.440. The van der Waals surface area contributed by atoms with Crippen LogP contribution in [0.5, 0.6) is 0 Å². The molecule has 11 nitrogen and oxygen atoms in total. The maximum absolute atomic E-state index is 9.94. The first-order valence-electron chi connectivity index (χ1n) is 7.08. The molecule has 0 radical (unpaired) electrons. The number of ether oxygens (including phenoxy) is 3. The molecule has 136 valence electrons. The van der Waals surface area contributed by atoms with Crippen molar-refractivity contribution in [3.8, 4) is 0 Å². The van der Waals surface area contributed by atoms with Gasteiger partial charge in [0.05, 0.1) is 13.2 Å². The summed E-state index contributed by atoms with van der Waals surface area (Å²) in [5.41, 5.74) is 0. The van der Waals surface area contributed by atoms with Crippen LogP contribution in [0.4, 0.5) is 0 Å². The van der Waals surface area contributed by atoms with Crippen LogP contribution in [0, 0.1) is 0 Å². The van der Waals surface area contributed by atoms with Crippen LogP contribution in [-0.4, -0.2) is 115 Å². The Kier molecular flexibility index (Phi) is 6.27. The van der Waals surface area contributed by atoms with E-state index in [1.807, 2.05) is 0 Å². The van der Waals surface area contributed by atoms with Gasteiger partial charge in [-0.25, -0.2) is 0 Å². The maximum atomic E-state index is 9.94. The molecule has 0 bridgehead atoms. The summed E-state index contributed by atoms with van der Waals surface area (Å²) >= 11 is 0. The highest BCUT2D eigenvalue weighted by atomic mass is 16.7. The predicted octanol–water partition coefficient (Wildman–Crippen LogP) is -5.40. The van der Waals surface area contributed by atoms with Crippen molar-refractivity contribution in [2.75, 3.05) is 13.2 Å². The monoisotopic (exact) mass is 342 g/mol. The molecule has 2 saturated heterocycles. The maximum Gasteiger partial charge on any atom is 0.187 e. The molecule has 2 rings (SSSR count). The smallest absolute Gasteiger partial charge is 0.187 e. The van der Waals surface area contributed by atoms with Crippen molar-refractivity contribution >= 4 is 0 Å². The van der Waals surface area contributed by atoms with E-state index < -0.39 is 74.6 Å². The van der Waals surface area contributed by atoms with Crippen molar-refractivity contribution in [1.82, 2.24) is 0 Å². The van der Waals surface area contributed by atoms with E-state index in [4.69, 9.17) is 19.3 Å². The SMILES string of the molecule is OCC1O[C@H](O[C@@H]2C(CO)OC(O)[C@H](O)[C@@H]2O)[C@@H](O)[C@@H](O)[C@@H]1O. The van der Waals surface area contributed by atoms with Crippen molar-refractivity contribution in [2.45, 2.75) is 61.4 Å². The van der Waals surface area contributed by atoms with Gasteiger partial charge in [0.15, 0.2) is 12.6 Å². The molecule has 0 aromatic carbocycles. The molecule has 0 spiro atoms. The highest BCUT2D eigenvalue weighted by molar-refractivity contribution is 4.93. The molecule has 2 fully saturated rings. The molecule has 23 heavy (non-hydrogen) atoms. The van der Waals surface area contributed by atoms with Crippen LogP contribution in [0.2, 0.25) is 0 Å². The van der Waals surface area contributed by atoms with Crippen LogP contribution < -0.4 is 0 Å². The van der Waals surface area contributed by atoms with Gasteiger partial charge in [-0.3, -0.25) is 0 Å². The molecule has 8 N–H and O–H groups in total. The van der Waals surface area contributed by atoms with Crippen LogP contribution >= 0.6 is 0 Å². The summed E-state index contributed by atoms with van der Waals surface area (Å²) in [4.78, 5) is 0. The number of hydrogen-bond acceptors (Lipinski definition) is 11. The normalized spacial score (nSPS) is 51.7. The Labute approximate surface area is 130 Å². The second-order valence-electron chi connectivity index (χ2n) is 5.53. The first kappa shape index (κ1) is 18.9. The van der Waals surface area contributed by atoms with Crippen molar-refractivity contribution in [1.29, 1.82) is 0 Å². The zero-order chi connectivity index (χ0) is 17.3. The summed E-state index contributed by atoms with van der Waals surface area (Å²) < 4.78 is 15.3. The second kappa shape index (κ2) is 7.63. The van der Waals surface area contributed by atoms with E-state index >= 15 is 0 Å². The van der Waals surface area contributed by atoms with Crippen molar-refractivity contribution in [2.24, 2.45) is 0 Å². The van der Waals surface area contributed by atoms with Gasteiger partial charge >= 0.3 is 0 Å². The molecule has 11 heteroatoms. The van der Waals surface area contributed by atoms with Gasteiger partial charge in [0.2, 0.25) is 0 Å². The van der Waals surface area contributed by atoms with Crippen LogP contribution in [0.25, 0.3) is 0 Å². The average Bonchev–Trinajstić information content (AvgIpc) is 2.55. The van der Waals surface area contributed by atoms with E-state index in [1.165, 1.54) is 0 Å². The van der Waals surface area contributed by atoms with Gasteiger partial charge in [-0.1, -0.05) is 0 Å². The lowest BCUT2D eigenvalue weighted by molar-refractivity contribution is -0.355. The summed E-state index contributed by atoms with van der Waals surface area (Å²) in [6.07, 6.45) is -15.6. The average molecular weight is 342 g/mol. The molecule has 0 aromatic rings. The zero-order valence-electron chi connectivity index (χ0n) is 12.0. The van der Waals surface area contributed by atoms with E-state index in [9.17, 15) is 35.7 Å². The molecule has 0 aliphatic carbocycles. The summed E-state index contributed by atoms with van der Waals surface area (Å²) in [7, 11) is 0. The summed E-state index contributed by atoms with van der Waals surface area (Å²) in [5, 5.41) is 76.5. The number of hydrogen-bond donors (Lipinski definition) is 8. The molecule has 2 aliphatic heterocycles. The topological polar surface area (TPSA) is 190 Å². The fourth-order valence-electron chi connectivity index (χ4n) is 2.57. The van der Waals surface area contributed by atoms with Gasteiger partial charge in [0, 0.05) is 0 Å². The largest absolute Gasteiger partial charge is 0.394 e. The van der Waals surface area contributed by atoms with Gasteiger partial charge in [0.25, 0.3) is 0 Å². The zero-order valence-corrected chi connectivity index (χ0v) is 12.0. The van der Waals surface area contributed by atoms with Crippen molar-refractivity contribution in [3.63, 3.8) is 0 Å². The van der Waals surface area contributed by atoms with Gasteiger partial charge in [-0.05, 0) is 0 Å². The fraction of sp³-hybridized carbons (Fsp3) is 1.00. The summed E-state index contributed by atoms with van der Waals surface area (Å²) in [6.45, 7) is -1.35. The van der Waals surface area contributed by atoms with Gasteiger partial charge in [-0.2, -0.15) is 0 Å². The predicted molar refractivity (Wildman–Crippen MR) is 68.6 cm³/mol. The van der Waals surface area contributed by atoms with Crippen LogP contribution in [-0.2, 0) is 14.2 Å². The van der Waals surface area contributed by atoms with E-state index in [0.717, 1.165) is 0 Å². The number of rotatable bonds is 4. The standard InChI is InChI=1S/C12H22O11/c13-1-3-5(15)6(16)9(19)12(22-3)23-10-4(2-14)21-11(20)8(18)7(10)17/h3-20H,1-2H2/t3?,4?,5-,6+,7+,8-,9+,10-,11?,12-/m1/s1. The third-order valence-corrected chi connectivity index (χ3v) is 3.98. The molecule has 3 unspecified atom stereocenters.